The summed E-state index contributed by atoms with van der Waals surface area (Å²) in [6, 6.07) is 11.7. The fourth-order valence-electron chi connectivity index (χ4n) is 5.84. The van der Waals surface area contributed by atoms with E-state index >= 15 is 0 Å². The standard InChI is InChI=1S/C30H34ClF3N4O3/c1-36(2)27(39)25-7-6-24(18-26(25)31)37-12-8-20(9-13-37)16-21-10-14-38(15-11-21)28(40)29(41,30(32,33)34)23-5-3-4-22(17-23)19-35/h3-7,17-18,20-21,41H,8-16H2,1-2H3/t29-/m1/s1. The molecule has 1 N–H and O–H groups in total. The first-order valence-electron chi connectivity index (χ1n) is 13.7. The summed E-state index contributed by atoms with van der Waals surface area (Å²) in [5.74, 6) is -0.806. The van der Waals surface area contributed by atoms with Crippen molar-refractivity contribution in [3.63, 3.8) is 0 Å². The summed E-state index contributed by atoms with van der Waals surface area (Å²) < 4.78 is 42.2. The van der Waals surface area contributed by atoms with Crippen molar-refractivity contribution >= 4 is 29.1 Å². The molecule has 0 aliphatic carbocycles. The Bertz CT molecular complexity index is 1310. The number of hydrogen-bond acceptors (Lipinski definition) is 5. The zero-order valence-electron chi connectivity index (χ0n) is 23.1. The number of anilines is 1. The number of carbonyl (C=O) groups excluding carboxylic acids is 2. The predicted octanol–water partition coefficient (Wildman–Crippen LogP) is 5.21. The van der Waals surface area contributed by atoms with Gasteiger partial charge in [0.05, 0.1) is 22.2 Å². The van der Waals surface area contributed by atoms with Crippen LogP contribution >= 0.6 is 11.6 Å². The minimum absolute atomic E-state index is 0.0673. The molecule has 2 amide bonds. The molecule has 2 fully saturated rings. The van der Waals surface area contributed by atoms with Crippen molar-refractivity contribution in [1.82, 2.24) is 9.80 Å². The number of hydrogen-bond donors (Lipinski definition) is 1. The molecule has 0 unspecified atom stereocenters. The highest BCUT2D eigenvalue weighted by Crippen LogP contribution is 2.42. The van der Waals surface area contributed by atoms with E-state index in [2.05, 4.69) is 4.90 Å². The zero-order valence-corrected chi connectivity index (χ0v) is 23.9. The van der Waals surface area contributed by atoms with Crippen LogP contribution in [0.2, 0.25) is 5.02 Å². The highest BCUT2D eigenvalue weighted by molar-refractivity contribution is 6.34. The third-order valence-corrected chi connectivity index (χ3v) is 8.58. The molecule has 2 aromatic rings. The van der Waals surface area contributed by atoms with E-state index < -0.39 is 23.2 Å². The van der Waals surface area contributed by atoms with Gasteiger partial charge in [-0.2, -0.15) is 18.4 Å². The van der Waals surface area contributed by atoms with E-state index in [1.165, 1.54) is 17.0 Å². The van der Waals surface area contributed by atoms with Crippen molar-refractivity contribution in [2.24, 2.45) is 11.8 Å². The van der Waals surface area contributed by atoms with Crippen molar-refractivity contribution in [1.29, 1.82) is 5.26 Å². The molecule has 41 heavy (non-hydrogen) atoms. The average Bonchev–Trinajstić information content (AvgIpc) is 2.96. The first-order chi connectivity index (χ1) is 19.3. The molecular formula is C30H34ClF3N4O3. The summed E-state index contributed by atoms with van der Waals surface area (Å²) in [6.07, 6.45) is -1.27. The second kappa shape index (κ2) is 12.3. The lowest BCUT2D eigenvalue weighted by Gasteiger charge is -2.40. The number of amides is 2. The predicted molar refractivity (Wildman–Crippen MR) is 149 cm³/mol. The number of aliphatic hydroxyl groups is 1. The van der Waals surface area contributed by atoms with Gasteiger partial charge in [-0.15, -0.1) is 0 Å². The number of nitrogens with zero attached hydrogens (tertiary/aromatic N) is 4. The van der Waals surface area contributed by atoms with Crippen LogP contribution in [0.4, 0.5) is 18.9 Å². The Kier molecular flexibility index (Phi) is 9.19. The molecule has 220 valence electrons. The molecule has 2 heterocycles. The van der Waals surface area contributed by atoms with Crippen LogP contribution in [0.15, 0.2) is 42.5 Å². The summed E-state index contributed by atoms with van der Waals surface area (Å²) in [7, 11) is 3.36. The van der Waals surface area contributed by atoms with Crippen molar-refractivity contribution in [3.05, 3.63) is 64.2 Å². The Morgan fingerprint density at radius 3 is 2.17 bits per heavy atom. The Labute approximate surface area is 243 Å². The maximum absolute atomic E-state index is 14.1. The van der Waals surface area contributed by atoms with Gasteiger partial charge in [0.25, 0.3) is 17.4 Å². The van der Waals surface area contributed by atoms with Gasteiger partial charge in [-0.3, -0.25) is 9.59 Å². The molecule has 2 aliphatic heterocycles. The molecule has 2 aromatic carbocycles. The van der Waals surface area contributed by atoms with Gasteiger partial charge in [-0.05, 0) is 74.3 Å². The Morgan fingerprint density at radius 1 is 1.02 bits per heavy atom. The smallest absolute Gasteiger partial charge is 0.371 e. The molecule has 7 nitrogen and oxygen atoms in total. The SMILES string of the molecule is CN(C)C(=O)c1ccc(N2CCC(CC3CCN(C(=O)[C@](O)(c4cccc(C#N)c4)C(F)(F)F)CC3)CC2)cc1Cl. The van der Waals surface area contributed by atoms with E-state index in [0.29, 0.717) is 29.3 Å². The fraction of sp³-hybridized carbons (Fsp3) is 0.500. The van der Waals surface area contributed by atoms with Gasteiger partial charge in [-0.1, -0.05) is 23.7 Å². The Morgan fingerprint density at radius 2 is 1.63 bits per heavy atom. The number of alkyl halides is 3. The fourth-order valence-corrected chi connectivity index (χ4v) is 6.09. The second-order valence-electron chi connectivity index (χ2n) is 11.2. The van der Waals surface area contributed by atoms with Gasteiger partial charge in [0.1, 0.15) is 0 Å². The summed E-state index contributed by atoms with van der Waals surface area (Å²) in [5, 5.41) is 20.2. The van der Waals surface area contributed by atoms with Crippen molar-refractivity contribution in [2.45, 2.75) is 43.9 Å². The minimum Gasteiger partial charge on any atom is -0.371 e. The van der Waals surface area contributed by atoms with Gasteiger partial charge in [0.15, 0.2) is 0 Å². The molecule has 0 bridgehead atoms. The molecule has 2 aliphatic rings. The third kappa shape index (κ3) is 6.47. The quantitative estimate of drug-likeness (QED) is 0.499. The molecule has 4 rings (SSSR count). The lowest BCUT2D eigenvalue weighted by Crippen LogP contribution is -2.57. The van der Waals surface area contributed by atoms with Crippen LogP contribution in [0.3, 0.4) is 0 Å². The Balaban J connectivity index is 1.31. The number of benzene rings is 2. The van der Waals surface area contributed by atoms with Gasteiger partial charge in [-0.25, -0.2) is 0 Å². The topological polar surface area (TPSA) is 87.9 Å². The van der Waals surface area contributed by atoms with Gasteiger partial charge in [0.2, 0.25) is 0 Å². The van der Waals surface area contributed by atoms with Crippen LogP contribution in [0.1, 0.15) is 53.6 Å². The number of halogens is 4. The molecule has 11 heteroatoms. The van der Waals surface area contributed by atoms with E-state index in [1.54, 1.807) is 26.2 Å². The van der Waals surface area contributed by atoms with Crippen molar-refractivity contribution < 1.29 is 27.9 Å². The van der Waals surface area contributed by atoms with Crippen LogP contribution in [0, 0.1) is 23.2 Å². The van der Waals surface area contributed by atoms with Gasteiger partial charge >= 0.3 is 6.18 Å². The minimum atomic E-state index is -5.24. The highest BCUT2D eigenvalue weighted by atomic mass is 35.5. The van der Waals surface area contributed by atoms with Crippen LogP contribution < -0.4 is 4.90 Å². The molecule has 2 saturated heterocycles. The maximum Gasteiger partial charge on any atom is 0.430 e. The van der Waals surface area contributed by atoms with Crippen LogP contribution in [-0.4, -0.2) is 73.2 Å². The molecule has 0 saturated carbocycles. The number of carbonyl (C=O) groups is 2. The number of rotatable bonds is 6. The largest absolute Gasteiger partial charge is 0.430 e. The monoisotopic (exact) mass is 590 g/mol. The second-order valence-corrected chi connectivity index (χ2v) is 11.6. The lowest BCUT2D eigenvalue weighted by atomic mass is 9.82. The zero-order chi connectivity index (χ0) is 29.9. The van der Waals surface area contributed by atoms with Crippen molar-refractivity contribution in [3.8, 4) is 6.07 Å². The summed E-state index contributed by atoms with van der Waals surface area (Å²) in [4.78, 5) is 30.2. The van der Waals surface area contributed by atoms with E-state index in [-0.39, 0.29) is 30.5 Å². The molecule has 0 aromatic heterocycles. The highest BCUT2D eigenvalue weighted by Gasteiger charge is 2.62. The van der Waals surface area contributed by atoms with Crippen LogP contribution in [-0.2, 0) is 10.4 Å². The first kappa shape index (κ1) is 30.7. The van der Waals surface area contributed by atoms with Crippen LogP contribution in [0.5, 0.6) is 0 Å². The summed E-state index contributed by atoms with van der Waals surface area (Å²) in [5.41, 5.74) is -3.00. The number of likely N-dealkylation sites (tertiary alicyclic amines) is 1. The van der Waals surface area contributed by atoms with Crippen molar-refractivity contribution in [2.75, 3.05) is 45.2 Å². The normalized spacial score (nSPS) is 18.5. The van der Waals surface area contributed by atoms with E-state index in [0.717, 1.165) is 55.1 Å². The first-order valence-corrected chi connectivity index (χ1v) is 14.1. The number of piperidine rings is 2. The molecule has 0 radical (unpaired) electrons. The number of nitriles is 1. The van der Waals surface area contributed by atoms with Gasteiger partial charge in [0, 0.05) is 51.5 Å². The lowest BCUT2D eigenvalue weighted by molar-refractivity contribution is -0.262. The maximum atomic E-state index is 14.1. The molecule has 1 atom stereocenters. The molecule has 0 spiro atoms. The average molecular weight is 591 g/mol. The molecular weight excluding hydrogens is 557 g/mol. The third-order valence-electron chi connectivity index (χ3n) is 8.27. The summed E-state index contributed by atoms with van der Waals surface area (Å²) >= 11 is 6.39. The van der Waals surface area contributed by atoms with E-state index in [9.17, 15) is 27.9 Å². The van der Waals surface area contributed by atoms with Crippen LogP contribution in [0.25, 0.3) is 0 Å². The Hall–Kier alpha value is -3.29. The van der Waals surface area contributed by atoms with E-state index in [1.807, 2.05) is 12.1 Å². The summed E-state index contributed by atoms with van der Waals surface area (Å²) in [6.45, 7) is 1.93. The van der Waals surface area contributed by atoms with E-state index in [4.69, 9.17) is 16.9 Å². The van der Waals surface area contributed by atoms with Gasteiger partial charge < -0.3 is 19.8 Å².